The zero-order valence-corrected chi connectivity index (χ0v) is 21.4. The summed E-state index contributed by atoms with van der Waals surface area (Å²) >= 11 is 1.69. The summed E-state index contributed by atoms with van der Waals surface area (Å²) in [7, 11) is 3.08. The Kier molecular flexibility index (Phi) is 5.79. The van der Waals surface area contributed by atoms with Crippen molar-refractivity contribution in [2.45, 2.75) is 46.6 Å². The SMILES string of the molecule is COc1ccc(NC(=O)Cn2c(=O)nc3c4c5c(sc4ncn32)C[C@@H](C(C)(C)C)CC5)cc1OC. The van der Waals surface area contributed by atoms with E-state index in [0.29, 0.717) is 28.8 Å². The van der Waals surface area contributed by atoms with Crippen LogP contribution in [0.15, 0.2) is 29.3 Å². The van der Waals surface area contributed by atoms with Gasteiger partial charge in [0.25, 0.3) is 0 Å². The zero-order chi connectivity index (χ0) is 24.9. The molecule has 1 aliphatic carbocycles. The van der Waals surface area contributed by atoms with Crippen LogP contribution in [0.2, 0.25) is 0 Å². The number of hydrogen-bond acceptors (Lipinski definition) is 7. The molecule has 0 aliphatic heterocycles. The van der Waals surface area contributed by atoms with Crippen LogP contribution in [0.4, 0.5) is 5.69 Å². The van der Waals surface area contributed by atoms with Crippen LogP contribution in [0, 0.1) is 11.3 Å². The normalized spacial score (nSPS) is 15.9. The van der Waals surface area contributed by atoms with Crippen LogP contribution in [0.25, 0.3) is 15.9 Å². The molecule has 35 heavy (non-hydrogen) atoms. The Hall–Kier alpha value is -3.40. The summed E-state index contributed by atoms with van der Waals surface area (Å²) in [4.78, 5) is 36.8. The Bertz CT molecular complexity index is 1490. The number of hydrogen-bond donors (Lipinski definition) is 1. The minimum absolute atomic E-state index is 0.194. The number of nitrogens with one attached hydrogen (secondary N) is 1. The number of carbonyl (C=O) groups is 1. The number of anilines is 1. The highest BCUT2D eigenvalue weighted by Gasteiger charge is 2.32. The number of carbonyl (C=O) groups excluding carboxylic acids is 1. The molecular weight excluding hydrogens is 466 g/mol. The number of amides is 1. The molecule has 0 radical (unpaired) electrons. The lowest BCUT2D eigenvalue weighted by atomic mass is 9.72. The first-order valence-electron chi connectivity index (χ1n) is 11.6. The first-order valence-corrected chi connectivity index (χ1v) is 12.4. The molecule has 1 atom stereocenters. The smallest absolute Gasteiger partial charge is 0.365 e. The van der Waals surface area contributed by atoms with Gasteiger partial charge in [-0.05, 0) is 48.3 Å². The van der Waals surface area contributed by atoms with Gasteiger partial charge in [0.05, 0.1) is 19.6 Å². The van der Waals surface area contributed by atoms with E-state index >= 15 is 0 Å². The molecule has 0 bridgehead atoms. The molecule has 184 valence electrons. The highest BCUT2D eigenvalue weighted by Crippen LogP contribution is 2.43. The maximum Gasteiger partial charge on any atom is 0.365 e. The van der Waals surface area contributed by atoms with E-state index < -0.39 is 5.69 Å². The third kappa shape index (κ3) is 4.16. The molecule has 0 fully saturated rings. The summed E-state index contributed by atoms with van der Waals surface area (Å²) < 4.78 is 13.4. The van der Waals surface area contributed by atoms with Crippen LogP contribution in [0.1, 0.15) is 37.6 Å². The number of methoxy groups -OCH3 is 2. The van der Waals surface area contributed by atoms with Crippen molar-refractivity contribution in [1.29, 1.82) is 0 Å². The van der Waals surface area contributed by atoms with Crippen molar-refractivity contribution in [3.63, 3.8) is 0 Å². The molecule has 10 heteroatoms. The molecule has 1 aromatic carbocycles. The van der Waals surface area contributed by atoms with Gasteiger partial charge in [0.2, 0.25) is 5.91 Å². The number of fused-ring (bicyclic) bond motifs is 5. The van der Waals surface area contributed by atoms with Gasteiger partial charge in [-0.25, -0.2) is 19.0 Å². The van der Waals surface area contributed by atoms with E-state index in [-0.39, 0.29) is 17.9 Å². The molecule has 0 saturated heterocycles. The van der Waals surface area contributed by atoms with Crippen LogP contribution in [-0.2, 0) is 24.2 Å². The van der Waals surface area contributed by atoms with E-state index in [2.05, 4.69) is 36.1 Å². The second-order valence-electron chi connectivity index (χ2n) is 9.97. The molecule has 1 amide bonds. The lowest BCUT2D eigenvalue weighted by Gasteiger charge is -2.33. The summed E-state index contributed by atoms with van der Waals surface area (Å²) in [5, 5.41) is 3.75. The Labute approximate surface area is 206 Å². The molecule has 1 N–H and O–H groups in total. The Morgan fingerprint density at radius 3 is 2.71 bits per heavy atom. The van der Waals surface area contributed by atoms with Gasteiger partial charge in [0, 0.05) is 16.6 Å². The minimum Gasteiger partial charge on any atom is -0.493 e. The van der Waals surface area contributed by atoms with Crippen molar-refractivity contribution in [1.82, 2.24) is 19.2 Å². The molecule has 0 unspecified atom stereocenters. The number of aromatic nitrogens is 4. The second kappa shape index (κ2) is 8.67. The summed E-state index contributed by atoms with van der Waals surface area (Å²) in [6.45, 7) is 6.68. The molecule has 0 saturated carbocycles. The van der Waals surface area contributed by atoms with E-state index in [1.165, 1.54) is 22.2 Å². The Morgan fingerprint density at radius 2 is 2.00 bits per heavy atom. The number of aryl methyl sites for hydroxylation is 1. The Balaban J connectivity index is 1.46. The number of rotatable bonds is 5. The lowest BCUT2D eigenvalue weighted by Crippen LogP contribution is -2.28. The molecule has 3 aromatic heterocycles. The molecule has 4 aromatic rings. The van der Waals surface area contributed by atoms with Gasteiger partial charge in [-0.1, -0.05) is 20.8 Å². The fraction of sp³-hybridized carbons (Fsp3) is 0.440. The zero-order valence-electron chi connectivity index (χ0n) is 20.5. The monoisotopic (exact) mass is 495 g/mol. The van der Waals surface area contributed by atoms with Crippen LogP contribution >= 0.6 is 11.3 Å². The second-order valence-corrected chi connectivity index (χ2v) is 11.1. The van der Waals surface area contributed by atoms with Gasteiger partial charge in [0.15, 0.2) is 17.1 Å². The quantitative estimate of drug-likeness (QED) is 0.451. The van der Waals surface area contributed by atoms with Gasteiger partial charge < -0.3 is 14.8 Å². The average molecular weight is 496 g/mol. The van der Waals surface area contributed by atoms with Crippen molar-refractivity contribution >= 4 is 38.8 Å². The van der Waals surface area contributed by atoms with Gasteiger partial charge >= 0.3 is 5.69 Å². The van der Waals surface area contributed by atoms with Crippen LogP contribution in [0.5, 0.6) is 11.5 Å². The van der Waals surface area contributed by atoms with E-state index in [4.69, 9.17) is 9.47 Å². The molecule has 3 heterocycles. The third-order valence-electron chi connectivity index (χ3n) is 6.84. The highest BCUT2D eigenvalue weighted by atomic mass is 32.1. The third-order valence-corrected chi connectivity index (χ3v) is 8.00. The summed E-state index contributed by atoms with van der Waals surface area (Å²) in [6.07, 6.45) is 4.64. The number of benzene rings is 1. The van der Waals surface area contributed by atoms with Crippen LogP contribution < -0.4 is 20.5 Å². The van der Waals surface area contributed by atoms with Crippen molar-refractivity contribution in [3.05, 3.63) is 45.5 Å². The predicted octanol–water partition coefficient (Wildman–Crippen LogP) is 3.91. The number of ether oxygens (including phenoxy) is 2. The van der Waals surface area contributed by atoms with Gasteiger partial charge in [-0.3, -0.25) is 4.79 Å². The number of thiophene rings is 1. The fourth-order valence-corrected chi connectivity index (χ4v) is 6.09. The van der Waals surface area contributed by atoms with Gasteiger partial charge in [-0.15, -0.1) is 11.3 Å². The van der Waals surface area contributed by atoms with E-state index in [9.17, 15) is 9.59 Å². The summed E-state index contributed by atoms with van der Waals surface area (Å²) in [5.74, 6) is 1.31. The highest BCUT2D eigenvalue weighted by molar-refractivity contribution is 7.19. The van der Waals surface area contributed by atoms with E-state index in [1.807, 2.05) is 0 Å². The Morgan fingerprint density at radius 1 is 1.23 bits per heavy atom. The van der Waals surface area contributed by atoms with E-state index in [0.717, 1.165) is 29.5 Å². The average Bonchev–Trinajstić information content (AvgIpc) is 3.34. The van der Waals surface area contributed by atoms with Crippen molar-refractivity contribution in [2.75, 3.05) is 19.5 Å². The molecular formula is C25H29N5O4S. The summed E-state index contributed by atoms with van der Waals surface area (Å²) in [5.41, 5.74) is 2.11. The van der Waals surface area contributed by atoms with Gasteiger partial charge in [-0.2, -0.15) is 4.98 Å². The van der Waals surface area contributed by atoms with E-state index in [1.54, 1.807) is 47.5 Å². The van der Waals surface area contributed by atoms with Gasteiger partial charge in [0.1, 0.15) is 17.7 Å². The largest absolute Gasteiger partial charge is 0.493 e. The molecule has 9 nitrogen and oxygen atoms in total. The molecule has 0 spiro atoms. The summed E-state index contributed by atoms with van der Waals surface area (Å²) in [6, 6.07) is 5.09. The van der Waals surface area contributed by atoms with Crippen LogP contribution in [-0.4, -0.2) is 39.3 Å². The maximum atomic E-state index is 12.8. The lowest BCUT2D eigenvalue weighted by molar-refractivity contribution is -0.117. The topological polar surface area (TPSA) is 99.8 Å². The van der Waals surface area contributed by atoms with Crippen molar-refractivity contribution in [3.8, 4) is 11.5 Å². The predicted molar refractivity (Wildman–Crippen MR) is 136 cm³/mol. The first-order chi connectivity index (χ1) is 16.7. The molecule has 1 aliphatic rings. The maximum absolute atomic E-state index is 12.8. The van der Waals surface area contributed by atoms with Crippen molar-refractivity contribution in [2.24, 2.45) is 11.3 Å². The molecule has 5 rings (SSSR count). The number of nitrogens with zero attached hydrogens (tertiary/aromatic N) is 4. The standard InChI is InChI=1S/C25H29N5O4S/c1-25(2,3)14-6-8-16-19(10-14)35-23-21(16)22-28-24(32)29(30(22)13-26-23)12-20(31)27-15-7-9-17(33-4)18(11-15)34-5/h7,9,11,13-14H,6,8,10,12H2,1-5H3,(H,27,31)/t14-/m0/s1. The van der Waals surface area contributed by atoms with Crippen LogP contribution in [0.3, 0.4) is 0 Å². The fourth-order valence-electron chi connectivity index (χ4n) is 4.83. The van der Waals surface area contributed by atoms with Crippen molar-refractivity contribution < 1.29 is 14.3 Å². The minimum atomic E-state index is -0.481. The first kappa shape index (κ1) is 23.3.